The summed E-state index contributed by atoms with van der Waals surface area (Å²) < 4.78 is 0. The summed E-state index contributed by atoms with van der Waals surface area (Å²) in [5, 5.41) is 1.11. The van der Waals surface area contributed by atoms with E-state index >= 15 is 0 Å². The highest BCUT2D eigenvalue weighted by molar-refractivity contribution is 5.99. The molecule has 156 valence electrons. The summed E-state index contributed by atoms with van der Waals surface area (Å²) >= 11 is 0. The lowest BCUT2D eigenvalue weighted by atomic mass is 10.2. The number of pyridine rings is 1. The number of amides is 2. The number of rotatable bonds is 2. The molecule has 10 heteroatoms. The number of piperazine rings is 1. The maximum atomic E-state index is 12.9. The van der Waals surface area contributed by atoms with Gasteiger partial charge in [0.2, 0.25) is 0 Å². The van der Waals surface area contributed by atoms with Crippen molar-refractivity contribution in [2.45, 2.75) is 0 Å². The molecule has 3 aromatic heterocycles. The smallest absolute Gasteiger partial charge is 0.327 e. The molecule has 0 unspecified atom stereocenters. The number of nitrogens with zero attached hydrogens (tertiary/aromatic N) is 3. The number of fused-ring (bicyclic) bond motifs is 2. The van der Waals surface area contributed by atoms with Gasteiger partial charge in [0, 0.05) is 43.3 Å². The van der Waals surface area contributed by atoms with Gasteiger partial charge in [0.1, 0.15) is 11.3 Å². The van der Waals surface area contributed by atoms with E-state index in [0.717, 1.165) is 10.9 Å². The normalized spacial score (nSPS) is 14.3. The first kappa shape index (κ1) is 18.8. The number of aromatic nitrogens is 4. The lowest BCUT2D eigenvalue weighted by Crippen LogP contribution is -2.50. The third-order valence-electron chi connectivity index (χ3n) is 5.45. The van der Waals surface area contributed by atoms with Crippen molar-refractivity contribution >= 4 is 33.8 Å². The van der Waals surface area contributed by atoms with E-state index in [2.05, 4.69) is 19.9 Å². The van der Waals surface area contributed by atoms with Crippen LogP contribution in [0.5, 0.6) is 0 Å². The van der Waals surface area contributed by atoms with E-state index in [9.17, 15) is 19.2 Å². The molecule has 1 aliphatic heterocycles. The highest BCUT2D eigenvalue weighted by Crippen LogP contribution is 2.17. The molecule has 0 atom stereocenters. The molecule has 1 fully saturated rings. The minimum atomic E-state index is -0.653. The lowest BCUT2D eigenvalue weighted by Gasteiger charge is -2.34. The second kappa shape index (κ2) is 7.24. The Labute approximate surface area is 174 Å². The second-order valence-corrected chi connectivity index (χ2v) is 7.38. The van der Waals surface area contributed by atoms with Gasteiger partial charge >= 0.3 is 5.69 Å². The number of carbonyl (C=O) groups excluding carboxylic acids is 2. The van der Waals surface area contributed by atoms with Crippen LogP contribution in [0.15, 0.2) is 52.2 Å². The molecule has 5 rings (SSSR count). The van der Waals surface area contributed by atoms with E-state index in [4.69, 9.17) is 0 Å². The van der Waals surface area contributed by atoms with Crippen molar-refractivity contribution in [1.29, 1.82) is 0 Å². The van der Waals surface area contributed by atoms with Crippen LogP contribution in [0.25, 0.3) is 21.9 Å². The van der Waals surface area contributed by atoms with Crippen LogP contribution >= 0.6 is 0 Å². The molecule has 1 aromatic carbocycles. The molecular formula is C21H18N6O4. The van der Waals surface area contributed by atoms with Crippen molar-refractivity contribution in [3.8, 4) is 0 Å². The van der Waals surface area contributed by atoms with E-state index < -0.39 is 11.2 Å². The summed E-state index contributed by atoms with van der Waals surface area (Å²) in [6, 6.07) is 10.9. The highest BCUT2D eigenvalue weighted by Gasteiger charge is 2.26. The maximum Gasteiger partial charge on any atom is 0.327 e. The molecule has 31 heavy (non-hydrogen) atoms. The maximum absolute atomic E-state index is 12.9. The summed E-state index contributed by atoms with van der Waals surface area (Å²) in [7, 11) is 0. The molecule has 0 saturated carbocycles. The monoisotopic (exact) mass is 418 g/mol. The Bertz CT molecular complexity index is 1410. The fourth-order valence-electron chi connectivity index (χ4n) is 3.82. The number of hydrogen-bond donors (Lipinski definition) is 3. The van der Waals surface area contributed by atoms with Crippen LogP contribution in [0.3, 0.4) is 0 Å². The van der Waals surface area contributed by atoms with Crippen molar-refractivity contribution in [2.24, 2.45) is 0 Å². The summed E-state index contributed by atoms with van der Waals surface area (Å²) in [4.78, 5) is 64.1. The Morgan fingerprint density at radius 2 is 1.58 bits per heavy atom. The first-order valence-corrected chi connectivity index (χ1v) is 9.78. The van der Waals surface area contributed by atoms with E-state index in [1.807, 2.05) is 30.3 Å². The Morgan fingerprint density at radius 1 is 0.871 bits per heavy atom. The van der Waals surface area contributed by atoms with Gasteiger partial charge in [0.05, 0.1) is 10.9 Å². The molecule has 3 N–H and O–H groups in total. The number of para-hydroxylation sites is 1. The van der Waals surface area contributed by atoms with Crippen molar-refractivity contribution in [1.82, 2.24) is 29.7 Å². The van der Waals surface area contributed by atoms with Gasteiger partial charge in [-0.25, -0.2) is 9.78 Å². The lowest BCUT2D eigenvalue weighted by molar-refractivity contribution is 0.0532. The molecule has 4 heterocycles. The Balaban J connectivity index is 1.30. The van der Waals surface area contributed by atoms with Crippen molar-refractivity contribution < 1.29 is 9.59 Å². The highest BCUT2D eigenvalue weighted by atomic mass is 16.2. The fraction of sp³-hybridized carbons (Fsp3) is 0.190. The van der Waals surface area contributed by atoms with E-state index in [-0.39, 0.29) is 28.4 Å². The van der Waals surface area contributed by atoms with Gasteiger partial charge in [0.25, 0.3) is 17.4 Å². The molecule has 0 radical (unpaired) electrons. The molecule has 2 amide bonds. The standard InChI is InChI=1S/C21H18N6O4/c28-18-14-9-13(11-22-17(14)24-21(31)25-18)19(29)26-5-7-27(8-6-26)20(30)16-10-12-3-1-2-4-15(12)23-16/h1-4,9-11,23H,5-8H2,(H2,22,24,25,28,31). The quantitative estimate of drug-likeness (QED) is 0.440. The Morgan fingerprint density at radius 3 is 2.32 bits per heavy atom. The third-order valence-corrected chi connectivity index (χ3v) is 5.45. The van der Waals surface area contributed by atoms with E-state index in [0.29, 0.717) is 31.9 Å². The summed E-state index contributed by atoms with van der Waals surface area (Å²) in [5.74, 6) is -0.385. The first-order chi connectivity index (χ1) is 15.0. The van der Waals surface area contributed by atoms with Crippen LogP contribution in [0.4, 0.5) is 0 Å². The topological polar surface area (TPSA) is 135 Å². The van der Waals surface area contributed by atoms with Gasteiger partial charge in [-0.2, -0.15) is 0 Å². The number of benzene rings is 1. The molecule has 4 aromatic rings. The summed E-state index contributed by atoms with van der Waals surface area (Å²) in [5.41, 5.74) is 0.543. The van der Waals surface area contributed by atoms with Crippen LogP contribution in [0.2, 0.25) is 0 Å². The largest absolute Gasteiger partial charge is 0.351 e. The minimum Gasteiger partial charge on any atom is -0.351 e. The Hall–Kier alpha value is -4.21. The predicted octanol–water partition coefficient (Wildman–Crippen LogP) is 0.691. The zero-order valence-electron chi connectivity index (χ0n) is 16.3. The van der Waals surface area contributed by atoms with Crippen molar-refractivity contribution in [3.05, 3.63) is 74.7 Å². The third kappa shape index (κ3) is 3.37. The summed E-state index contributed by atoms with van der Waals surface area (Å²) in [6.07, 6.45) is 1.34. The number of hydrogen-bond acceptors (Lipinski definition) is 5. The first-order valence-electron chi connectivity index (χ1n) is 9.78. The van der Waals surface area contributed by atoms with Gasteiger partial charge in [-0.15, -0.1) is 0 Å². The van der Waals surface area contributed by atoms with Gasteiger partial charge in [-0.1, -0.05) is 18.2 Å². The molecule has 0 aliphatic carbocycles. The predicted molar refractivity (Wildman–Crippen MR) is 113 cm³/mol. The zero-order valence-corrected chi connectivity index (χ0v) is 16.3. The molecule has 0 spiro atoms. The van der Waals surface area contributed by atoms with Gasteiger partial charge < -0.3 is 14.8 Å². The van der Waals surface area contributed by atoms with Crippen LogP contribution in [-0.4, -0.2) is 67.7 Å². The summed E-state index contributed by atoms with van der Waals surface area (Å²) in [6.45, 7) is 1.53. The van der Waals surface area contributed by atoms with E-state index in [1.165, 1.54) is 12.3 Å². The van der Waals surface area contributed by atoms with Crippen LogP contribution in [-0.2, 0) is 0 Å². The number of nitrogens with one attached hydrogen (secondary N) is 3. The zero-order chi connectivity index (χ0) is 21.5. The van der Waals surface area contributed by atoms with Crippen LogP contribution in [0.1, 0.15) is 20.8 Å². The van der Waals surface area contributed by atoms with Gasteiger partial charge in [0.15, 0.2) is 0 Å². The second-order valence-electron chi connectivity index (χ2n) is 7.38. The number of aromatic amines is 3. The van der Waals surface area contributed by atoms with E-state index in [1.54, 1.807) is 9.80 Å². The van der Waals surface area contributed by atoms with Crippen LogP contribution < -0.4 is 11.2 Å². The van der Waals surface area contributed by atoms with Crippen LogP contribution in [0, 0.1) is 0 Å². The molecular weight excluding hydrogens is 400 g/mol. The molecule has 0 bridgehead atoms. The number of H-pyrrole nitrogens is 3. The average Bonchev–Trinajstić information content (AvgIpc) is 3.22. The average molecular weight is 418 g/mol. The minimum absolute atomic E-state index is 0.105. The molecule has 10 nitrogen and oxygen atoms in total. The van der Waals surface area contributed by atoms with Gasteiger partial charge in [-0.3, -0.25) is 24.4 Å². The Kier molecular flexibility index (Phi) is 4.39. The van der Waals surface area contributed by atoms with Gasteiger partial charge in [-0.05, 0) is 18.2 Å². The van der Waals surface area contributed by atoms with Crippen molar-refractivity contribution in [3.63, 3.8) is 0 Å². The number of carbonyl (C=O) groups is 2. The van der Waals surface area contributed by atoms with Crippen molar-refractivity contribution in [2.75, 3.05) is 26.2 Å². The molecule has 1 saturated heterocycles. The fourth-order valence-corrected chi connectivity index (χ4v) is 3.82. The molecule has 1 aliphatic rings. The SMILES string of the molecule is O=C(c1cnc2[nH]c(=O)[nH]c(=O)c2c1)N1CCN(C(=O)c2cc3ccccc3[nH]2)CC1.